The lowest BCUT2D eigenvalue weighted by Gasteiger charge is -2.49. The third-order valence-corrected chi connectivity index (χ3v) is 3.73. The Morgan fingerprint density at radius 1 is 1.38 bits per heavy atom. The second-order valence-electron chi connectivity index (χ2n) is 4.90. The van der Waals surface area contributed by atoms with E-state index in [-0.39, 0.29) is 18.7 Å². The zero-order chi connectivity index (χ0) is 11.4. The Morgan fingerprint density at radius 2 is 2.06 bits per heavy atom. The number of hydrogen-bond donors (Lipinski definition) is 1. The molecule has 0 amide bonds. The summed E-state index contributed by atoms with van der Waals surface area (Å²) in [6.07, 6.45) is 5.03. The molecule has 1 saturated heterocycles. The summed E-state index contributed by atoms with van der Waals surface area (Å²) in [5.74, 6) is -0.242. The number of nitrogens with one attached hydrogen (secondary N) is 1. The van der Waals surface area contributed by atoms with Gasteiger partial charge in [0.15, 0.2) is 0 Å². The van der Waals surface area contributed by atoms with Crippen molar-refractivity contribution >= 4 is 5.97 Å². The molecule has 4 nitrogen and oxygen atoms in total. The van der Waals surface area contributed by atoms with Gasteiger partial charge >= 0.3 is 5.97 Å². The topological polar surface area (TPSA) is 47.6 Å². The Hall–Kier alpha value is -0.610. The van der Waals surface area contributed by atoms with Crippen LogP contribution in [0.4, 0.5) is 0 Å². The first-order valence-electron chi connectivity index (χ1n) is 6.22. The lowest BCUT2D eigenvalue weighted by Crippen LogP contribution is -2.49. The molecule has 0 aromatic heterocycles. The second kappa shape index (κ2) is 5.15. The first-order valence-corrected chi connectivity index (χ1v) is 6.22. The van der Waals surface area contributed by atoms with Crippen LogP contribution in [0.25, 0.3) is 0 Å². The molecule has 92 valence electrons. The maximum absolute atomic E-state index is 11.1. The van der Waals surface area contributed by atoms with Gasteiger partial charge in [-0.15, -0.1) is 0 Å². The highest BCUT2D eigenvalue weighted by Gasteiger charge is 2.45. The maximum atomic E-state index is 11.1. The predicted molar refractivity (Wildman–Crippen MR) is 60.1 cm³/mol. The van der Waals surface area contributed by atoms with Crippen molar-refractivity contribution in [2.24, 2.45) is 5.41 Å². The second-order valence-corrected chi connectivity index (χ2v) is 4.90. The van der Waals surface area contributed by atoms with Gasteiger partial charge in [0.25, 0.3) is 0 Å². The van der Waals surface area contributed by atoms with Crippen LogP contribution in [-0.2, 0) is 14.3 Å². The average molecular weight is 227 g/mol. The summed E-state index contributed by atoms with van der Waals surface area (Å²) >= 11 is 0. The predicted octanol–water partition coefficient (Wildman–Crippen LogP) is 1.10. The number of carbonyl (C=O) groups is 1. The number of hydrogen-bond acceptors (Lipinski definition) is 4. The van der Waals surface area contributed by atoms with Gasteiger partial charge in [-0.1, -0.05) is 0 Å². The van der Waals surface area contributed by atoms with Crippen molar-refractivity contribution < 1.29 is 14.3 Å². The molecule has 1 aliphatic carbocycles. The first-order chi connectivity index (χ1) is 7.74. The zero-order valence-corrected chi connectivity index (χ0v) is 9.96. The highest BCUT2D eigenvalue weighted by Crippen LogP contribution is 2.49. The summed E-state index contributed by atoms with van der Waals surface area (Å²) < 4.78 is 10.3. The Bertz CT molecular complexity index is 241. The molecule has 1 N–H and O–H groups in total. The molecular formula is C12H21NO3. The SMILES string of the molecule is CCOC(=O)COC1CC2(CCNCC2)C1. The number of carbonyl (C=O) groups excluding carboxylic acids is 1. The van der Waals surface area contributed by atoms with E-state index in [0.717, 1.165) is 25.9 Å². The summed E-state index contributed by atoms with van der Waals surface area (Å²) in [6.45, 7) is 4.62. The van der Waals surface area contributed by atoms with Crippen molar-refractivity contribution in [1.29, 1.82) is 0 Å². The molecule has 1 aliphatic heterocycles. The number of rotatable bonds is 4. The van der Waals surface area contributed by atoms with E-state index >= 15 is 0 Å². The van der Waals surface area contributed by atoms with E-state index in [1.807, 2.05) is 6.92 Å². The first kappa shape index (κ1) is 11.9. The van der Waals surface area contributed by atoms with E-state index in [9.17, 15) is 4.79 Å². The number of ether oxygens (including phenoxy) is 2. The highest BCUT2D eigenvalue weighted by atomic mass is 16.6. The molecule has 1 saturated carbocycles. The van der Waals surface area contributed by atoms with Gasteiger partial charge < -0.3 is 14.8 Å². The van der Waals surface area contributed by atoms with Crippen molar-refractivity contribution in [2.75, 3.05) is 26.3 Å². The minimum Gasteiger partial charge on any atom is -0.464 e. The molecule has 2 fully saturated rings. The van der Waals surface area contributed by atoms with Crippen LogP contribution in [0.15, 0.2) is 0 Å². The van der Waals surface area contributed by atoms with E-state index in [1.54, 1.807) is 0 Å². The van der Waals surface area contributed by atoms with Crippen LogP contribution in [0, 0.1) is 5.41 Å². The smallest absolute Gasteiger partial charge is 0.332 e. The van der Waals surface area contributed by atoms with Crippen molar-refractivity contribution in [3.8, 4) is 0 Å². The van der Waals surface area contributed by atoms with Crippen molar-refractivity contribution in [3.05, 3.63) is 0 Å². The average Bonchev–Trinajstić information content (AvgIpc) is 2.25. The largest absolute Gasteiger partial charge is 0.464 e. The van der Waals surface area contributed by atoms with E-state index in [4.69, 9.17) is 9.47 Å². The third kappa shape index (κ3) is 2.74. The minimum atomic E-state index is -0.242. The van der Waals surface area contributed by atoms with Gasteiger partial charge in [0.2, 0.25) is 0 Å². The van der Waals surface area contributed by atoms with Crippen LogP contribution in [0.2, 0.25) is 0 Å². The van der Waals surface area contributed by atoms with E-state index in [0.29, 0.717) is 12.0 Å². The molecule has 2 aliphatic rings. The summed E-state index contributed by atoms with van der Waals surface area (Å²) in [7, 11) is 0. The third-order valence-electron chi connectivity index (χ3n) is 3.73. The fraction of sp³-hybridized carbons (Fsp3) is 0.917. The molecular weight excluding hydrogens is 206 g/mol. The fourth-order valence-electron chi connectivity index (χ4n) is 2.78. The molecule has 0 radical (unpaired) electrons. The van der Waals surface area contributed by atoms with Crippen molar-refractivity contribution in [2.45, 2.75) is 38.7 Å². The molecule has 1 heterocycles. The molecule has 0 atom stereocenters. The quantitative estimate of drug-likeness (QED) is 0.731. The standard InChI is InChI=1S/C12H21NO3/c1-2-15-11(14)9-16-10-7-12(8-10)3-5-13-6-4-12/h10,13H,2-9H2,1H3. The molecule has 0 unspecified atom stereocenters. The molecule has 4 heteroatoms. The molecule has 2 rings (SSSR count). The normalized spacial score (nSPS) is 24.1. The lowest BCUT2D eigenvalue weighted by molar-refractivity contribution is -0.158. The lowest BCUT2D eigenvalue weighted by atomic mass is 9.62. The van der Waals surface area contributed by atoms with E-state index < -0.39 is 0 Å². The highest BCUT2D eigenvalue weighted by molar-refractivity contribution is 5.70. The van der Waals surface area contributed by atoms with E-state index in [1.165, 1.54) is 12.8 Å². The van der Waals surface area contributed by atoms with E-state index in [2.05, 4.69) is 5.32 Å². The Kier molecular flexibility index (Phi) is 3.82. The molecule has 0 bridgehead atoms. The van der Waals surface area contributed by atoms with Crippen LogP contribution >= 0.6 is 0 Å². The van der Waals surface area contributed by atoms with Crippen LogP contribution in [0.3, 0.4) is 0 Å². The fourth-order valence-corrected chi connectivity index (χ4v) is 2.78. The number of piperidine rings is 1. The Labute approximate surface area is 96.7 Å². The van der Waals surface area contributed by atoms with Gasteiger partial charge in [-0.05, 0) is 51.1 Å². The molecule has 1 spiro atoms. The van der Waals surface area contributed by atoms with Gasteiger partial charge in [0.05, 0.1) is 12.7 Å². The molecule has 16 heavy (non-hydrogen) atoms. The van der Waals surface area contributed by atoms with Crippen molar-refractivity contribution in [3.63, 3.8) is 0 Å². The van der Waals surface area contributed by atoms with Gasteiger partial charge in [0.1, 0.15) is 6.61 Å². The zero-order valence-electron chi connectivity index (χ0n) is 9.96. The summed E-state index contributed by atoms with van der Waals surface area (Å²) in [4.78, 5) is 11.1. The maximum Gasteiger partial charge on any atom is 0.332 e. The van der Waals surface area contributed by atoms with Crippen LogP contribution in [0.5, 0.6) is 0 Å². The van der Waals surface area contributed by atoms with Crippen LogP contribution in [0.1, 0.15) is 32.6 Å². The Morgan fingerprint density at radius 3 is 2.69 bits per heavy atom. The summed E-state index contributed by atoms with van der Waals surface area (Å²) in [6, 6.07) is 0. The van der Waals surface area contributed by atoms with Gasteiger partial charge in [-0.3, -0.25) is 0 Å². The molecule has 0 aromatic carbocycles. The van der Waals surface area contributed by atoms with Crippen molar-refractivity contribution in [1.82, 2.24) is 5.32 Å². The van der Waals surface area contributed by atoms with Gasteiger partial charge in [-0.2, -0.15) is 0 Å². The number of esters is 1. The Balaban J connectivity index is 1.62. The van der Waals surface area contributed by atoms with Gasteiger partial charge in [-0.25, -0.2) is 4.79 Å². The minimum absolute atomic E-state index is 0.118. The summed E-state index contributed by atoms with van der Waals surface area (Å²) in [5.41, 5.74) is 0.518. The van der Waals surface area contributed by atoms with Crippen LogP contribution < -0.4 is 5.32 Å². The van der Waals surface area contributed by atoms with Crippen LogP contribution in [-0.4, -0.2) is 38.4 Å². The summed E-state index contributed by atoms with van der Waals surface area (Å²) in [5, 5.41) is 3.37. The molecule has 0 aromatic rings. The monoisotopic (exact) mass is 227 g/mol. The van der Waals surface area contributed by atoms with Gasteiger partial charge in [0, 0.05) is 0 Å².